The summed E-state index contributed by atoms with van der Waals surface area (Å²) in [5.74, 6) is 2.56. The monoisotopic (exact) mass is 244 g/mol. The molecule has 3 heteroatoms. The molecule has 0 aliphatic carbocycles. The molecule has 1 fully saturated rings. The van der Waals surface area contributed by atoms with Crippen LogP contribution < -0.4 is 5.32 Å². The lowest BCUT2D eigenvalue weighted by molar-refractivity contribution is 0.199. The van der Waals surface area contributed by atoms with Crippen LogP contribution >= 0.6 is 11.8 Å². The molecule has 0 aromatic rings. The van der Waals surface area contributed by atoms with Crippen molar-refractivity contribution in [1.29, 1.82) is 0 Å². The van der Waals surface area contributed by atoms with Gasteiger partial charge in [0.05, 0.1) is 0 Å². The van der Waals surface area contributed by atoms with Crippen LogP contribution in [-0.2, 0) is 0 Å². The molecule has 2 nitrogen and oxygen atoms in total. The third-order valence-corrected chi connectivity index (χ3v) is 4.39. The first kappa shape index (κ1) is 14.3. The minimum atomic E-state index is 0.692. The van der Waals surface area contributed by atoms with Crippen LogP contribution in [0, 0.1) is 0 Å². The van der Waals surface area contributed by atoms with E-state index < -0.39 is 0 Å². The van der Waals surface area contributed by atoms with Gasteiger partial charge in [0.2, 0.25) is 0 Å². The topological polar surface area (TPSA) is 15.3 Å². The Labute approximate surface area is 106 Å². The molecule has 0 aromatic heterocycles. The number of rotatable bonds is 7. The summed E-state index contributed by atoms with van der Waals surface area (Å²) in [5.41, 5.74) is 0. The molecule has 1 heterocycles. The summed E-state index contributed by atoms with van der Waals surface area (Å²) in [6, 6.07) is 1.46. The molecule has 1 unspecified atom stereocenters. The van der Waals surface area contributed by atoms with Crippen molar-refractivity contribution < 1.29 is 0 Å². The van der Waals surface area contributed by atoms with Gasteiger partial charge >= 0.3 is 0 Å². The molecular weight excluding hydrogens is 216 g/mol. The average molecular weight is 244 g/mol. The van der Waals surface area contributed by atoms with Gasteiger partial charge < -0.3 is 10.2 Å². The Hall–Kier alpha value is 0.270. The first-order valence-electron chi connectivity index (χ1n) is 6.82. The zero-order chi connectivity index (χ0) is 11.8. The maximum atomic E-state index is 3.78. The van der Waals surface area contributed by atoms with E-state index in [1.807, 2.05) is 0 Å². The van der Waals surface area contributed by atoms with Crippen molar-refractivity contribution in [2.75, 3.05) is 31.1 Å². The van der Waals surface area contributed by atoms with E-state index >= 15 is 0 Å². The predicted octanol–water partition coefficient (Wildman–Crippen LogP) is 2.59. The highest BCUT2D eigenvalue weighted by Crippen LogP contribution is 2.12. The second kappa shape index (κ2) is 8.37. The number of hydrogen-bond acceptors (Lipinski definition) is 3. The molecule has 96 valence electrons. The molecule has 1 N–H and O–H groups in total. The summed E-state index contributed by atoms with van der Waals surface area (Å²) in [7, 11) is 0. The van der Waals surface area contributed by atoms with Crippen molar-refractivity contribution >= 4 is 11.8 Å². The molecule has 0 saturated carbocycles. The van der Waals surface area contributed by atoms with E-state index in [1.54, 1.807) is 0 Å². The molecule has 1 rings (SSSR count). The van der Waals surface area contributed by atoms with Gasteiger partial charge in [-0.1, -0.05) is 13.8 Å². The molecule has 0 aromatic carbocycles. The largest absolute Gasteiger partial charge is 0.311 e. The highest BCUT2D eigenvalue weighted by molar-refractivity contribution is 7.99. The SMILES string of the molecule is CCSCCC(C)NC1CCN(CC)CC1. The lowest BCUT2D eigenvalue weighted by Crippen LogP contribution is -2.45. The van der Waals surface area contributed by atoms with Crippen LogP contribution in [0.15, 0.2) is 0 Å². The molecule has 1 aliphatic rings. The first-order valence-corrected chi connectivity index (χ1v) is 7.97. The normalized spacial score (nSPS) is 21.2. The van der Waals surface area contributed by atoms with Gasteiger partial charge in [-0.15, -0.1) is 0 Å². The van der Waals surface area contributed by atoms with Crippen LogP contribution in [0.5, 0.6) is 0 Å². The molecule has 0 radical (unpaired) electrons. The van der Waals surface area contributed by atoms with Crippen molar-refractivity contribution in [2.45, 2.75) is 52.1 Å². The smallest absolute Gasteiger partial charge is 0.00938 e. The molecule has 0 bridgehead atoms. The van der Waals surface area contributed by atoms with Crippen molar-refractivity contribution in [3.63, 3.8) is 0 Å². The Bertz CT molecular complexity index is 167. The second-order valence-electron chi connectivity index (χ2n) is 4.76. The molecule has 0 amide bonds. The molecule has 0 spiro atoms. The zero-order valence-electron chi connectivity index (χ0n) is 11.2. The summed E-state index contributed by atoms with van der Waals surface area (Å²) in [4.78, 5) is 2.55. The van der Waals surface area contributed by atoms with Crippen molar-refractivity contribution in [2.24, 2.45) is 0 Å². The molecule has 1 saturated heterocycles. The minimum absolute atomic E-state index is 0.692. The Morgan fingerprint density at radius 2 is 2.00 bits per heavy atom. The van der Waals surface area contributed by atoms with E-state index in [1.165, 1.54) is 50.4 Å². The molecule has 1 aliphatic heterocycles. The Morgan fingerprint density at radius 1 is 1.31 bits per heavy atom. The Morgan fingerprint density at radius 3 is 2.56 bits per heavy atom. The van der Waals surface area contributed by atoms with Gasteiger partial charge in [0.15, 0.2) is 0 Å². The highest BCUT2D eigenvalue weighted by atomic mass is 32.2. The summed E-state index contributed by atoms with van der Waals surface area (Å²) in [6.07, 6.45) is 3.98. The Kier molecular flexibility index (Phi) is 7.50. The fraction of sp³-hybridized carbons (Fsp3) is 1.00. The van der Waals surface area contributed by atoms with E-state index in [4.69, 9.17) is 0 Å². The summed E-state index contributed by atoms with van der Waals surface area (Å²) in [5, 5.41) is 3.78. The van der Waals surface area contributed by atoms with Crippen LogP contribution in [0.1, 0.15) is 40.0 Å². The number of nitrogens with zero attached hydrogens (tertiary/aromatic N) is 1. The van der Waals surface area contributed by atoms with Gasteiger partial charge in [0.1, 0.15) is 0 Å². The van der Waals surface area contributed by atoms with Crippen LogP contribution in [0.25, 0.3) is 0 Å². The standard InChI is InChI=1S/C13H28N2S/c1-4-15-9-6-13(7-10-15)14-12(3)8-11-16-5-2/h12-14H,4-11H2,1-3H3. The third-order valence-electron chi connectivity index (χ3n) is 3.45. The number of likely N-dealkylation sites (tertiary alicyclic amines) is 1. The number of piperidine rings is 1. The van der Waals surface area contributed by atoms with Crippen molar-refractivity contribution in [1.82, 2.24) is 10.2 Å². The number of nitrogens with one attached hydrogen (secondary N) is 1. The van der Waals surface area contributed by atoms with E-state index in [2.05, 4.69) is 42.7 Å². The van der Waals surface area contributed by atoms with Gasteiger partial charge in [-0.2, -0.15) is 11.8 Å². The maximum Gasteiger partial charge on any atom is 0.00938 e. The third kappa shape index (κ3) is 5.55. The van der Waals surface area contributed by atoms with Crippen LogP contribution in [0.3, 0.4) is 0 Å². The molecular formula is C13H28N2S. The van der Waals surface area contributed by atoms with E-state index in [9.17, 15) is 0 Å². The second-order valence-corrected chi connectivity index (χ2v) is 6.16. The Balaban J connectivity index is 2.08. The molecule has 16 heavy (non-hydrogen) atoms. The average Bonchev–Trinajstić information content (AvgIpc) is 2.30. The highest BCUT2D eigenvalue weighted by Gasteiger charge is 2.18. The van der Waals surface area contributed by atoms with Crippen LogP contribution in [0.2, 0.25) is 0 Å². The molecule has 1 atom stereocenters. The lowest BCUT2D eigenvalue weighted by atomic mass is 10.0. The zero-order valence-corrected chi connectivity index (χ0v) is 12.0. The van der Waals surface area contributed by atoms with Crippen LogP contribution in [-0.4, -0.2) is 48.1 Å². The van der Waals surface area contributed by atoms with Crippen molar-refractivity contribution in [3.05, 3.63) is 0 Å². The lowest BCUT2D eigenvalue weighted by Gasteiger charge is -2.33. The fourth-order valence-corrected chi connectivity index (χ4v) is 3.11. The summed E-state index contributed by atoms with van der Waals surface area (Å²) >= 11 is 2.05. The van der Waals surface area contributed by atoms with Gasteiger partial charge in [0, 0.05) is 12.1 Å². The van der Waals surface area contributed by atoms with E-state index in [-0.39, 0.29) is 0 Å². The predicted molar refractivity (Wildman–Crippen MR) is 75.3 cm³/mol. The number of hydrogen-bond donors (Lipinski definition) is 1. The quantitative estimate of drug-likeness (QED) is 0.693. The first-order chi connectivity index (χ1) is 7.76. The number of thioether (sulfide) groups is 1. The van der Waals surface area contributed by atoms with Gasteiger partial charge in [-0.25, -0.2) is 0 Å². The van der Waals surface area contributed by atoms with E-state index in [0.29, 0.717) is 6.04 Å². The minimum Gasteiger partial charge on any atom is -0.311 e. The summed E-state index contributed by atoms with van der Waals surface area (Å²) < 4.78 is 0. The fourth-order valence-electron chi connectivity index (χ4n) is 2.31. The van der Waals surface area contributed by atoms with Crippen molar-refractivity contribution in [3.8, 4) is 0 Å². The van der Waals surface area contributed by atoms with E-state index in [0.717, 1.165) is 6.04 Å². The van der Waals surface area contributed by atoms with Gasteiger partial charge in [-0.3, -0.25) is 0 Å². The maximum absolute atomic E-state index is 3.78. The van der Waals surface area contributed by atoms with Gasteiger partial charge in [-0.05, 0) is 57.3 Å². The van der Waals surface area contributed by atoms with Crippen LogP contribution in [0.4, 0.5) is 0 Å². The summed E-state index contributed by atoms with van der Waals surface area (Å²) in [6.45, 7) is 10.6. The van der Waals surface area contributed by atoms with Gasteiger partial charge in [0.25, 0.3) is 0 Å².